The molecule has 2 rings (SSSR count). The smallest absolute Gasteiger partial charge is 0.158 e. The molecule has 0 radical (unpaired) electrons. The Morgan fingerprint density at radius 2 is 1.26 bits per heavy atom. The van der Waals surface area contributed by atoms with Gasteiger partial charge in [-0.15, -0.1) is 0 Å². The Balaban J connectivity index is 2.22. The van der Waals surface area contributed by atoms with Crippen molar-refractivity contribution in [1.82, 2.24) is 0 Å². The van der Waals surface area contributed by atoms with E-state index in [-0.39, 0.29) is 5.03 Å². The summed E-state index contributed by atoms with van der Waals surface area (Å²) < 4.78 is 0. The zero-order chi connectivity index (χ0) is 13.5. The molecule has 0 saturated carbocycles. The summed E-state index contributed by atoms with van der Waals surface area (Å²) in [6.45, 7) is 0. The Hall–Kier alpha value is -2.44. The Kier molecular flexibility index (Phi) is 4.44. The Bertz CT molecular complexity index is 557. The van der Waals surface area contributed by atoms with Crippen molar-refractivity contribution in [3.8, 4) is 6.07 Å². The van der Waals surface area contributed by atoms with Crippen molar-refractivity contribution >= 4 is 23.0 Å². The average molecular weight is 270 g/mol. The van der Waals surface area contributed by atoms with Gasteiger partial charge in [0.2, 0.25) is 0 Å². The highest BCUT2D eigenvalue weighted by molar-refractivity contribution is 6.32. The lowest BCUT2D eigenvalue weighted by Gasteiger charge is -2.13. The number of anilines is 2. The predicted molar refractivity (Wildman–Crippen MR) is 78.6 cm³/mol. The Morgan fingerprint density at radius 3 is 1.63 bits per heavy atom. The molecule has 2 aromatic carbocycles. The molecule has 0 aliphatic carbocycles. The highest BCUT2D eigenvalue weighted by atomic mass is 35.5. The van der Waals surface area contributed by atoms with Gasteiger partial charge in [-0.2, -0.15) is 5.26 Å². The second-order valence-electron chi connectivity index (χ2n) is 3.78. The molecule has 2 N–H and O–H groups in total. The summed E-state index contributed by atoms with van der Waals surface area (Å²) in [5.41, 5.74) is 1.71. The molecule has 0 heterocycles. The highest BCUT2D eigenvalue weighted by Gasteiger charge is 2.05. The number of nitrogens with one attached hydrogen (secondary N) is 2. The van der Waals surface area contributed by atoms with E-state index >= 15 is 0 Å². The molecule has 0 amide bonds. The van der Waals surface area contributed by atoms with E-state index in [2.05, 4.69) is 10.6 Å². The normalized spacial score (nSPS) is 9.26. The fraction of sp³-hybridized carbons (Fsp3) is 0. The Labute approximate surface area is 117 Å². The number of halogens is 1. The van der Waals surface area contributed by atoms with Crippen LogP contribution in [0.5, 0.6) is 0 Å². The summed E-state index contributed by atoms with van der Waals surface area (Å²) in [7, 11) is 0. The molecule has 0 aliphatic heterocycles. The number of nitriles is 1. The maximum atomic E-state index is 8.94. The molecule has 94 valence electrons. The van der Waals surface area contributed by atoms with Gasteiger partial charge in [0.25, 0.3) is 0 Å². The van der Waals surface area contributed by atoms with E-state index in [1.165, 1.54) is 0 Å². The van der Waals surface area contributed by atoms with Crippen molar-refractivity contribution in [2.75, 3.05) is 10.6 Å². The first kappa shape index (κ1) is 13.0. The molecule has 0 spiro atoms. The third-order valence-corrected chi connectivity index (χ3v) is 2.68. The third-order valence-electron chi connectivity index (χ3n) is 2.40. The fourth-order valence-electron chi connectivity index (χ4n) is 1.53. The number of rotatable bonds is 4. The van der Waals surface area contributed by atoms with Crippen molar-refractivity contribution < 1.29 is 0 Å². The molecular formula is C15H12ClN3. The van der Waals surface area contributed by atoms with Crippen LogP contribution in [-0.4, -0.2) is 0 Å². The van der Waals surface area contributed by atoms with Crippen LogP contribution in [0.2, 0.25) is 0 Å². The molecule has 0 atom stereocenters. The summed E-state index contributed by atoms with van der Waals surface area (Å²) in [4.78, 5) is 0. The average Bonchev–Trinajstić information content (AvgIpc) is 2.48. The van der Waals surface area contributed by atoms with Crippen molar-refractivity contribution in [2.24, 2.45) is 0 Å². The number of hydrogen-bond acceptors (Lipinski definition) is 3. The summed E-state index contributed by atoms with van der Waals surface area (Å²) in [6, 6.07) is 21.0. The molecule has 0 bridgehead atoms. The Morgan fingerprint density at radius 1 is 0.842 bits per heavy atom. The van der Waals surface area contributed by atoms with E-state index in [9.17, 15) is 0 Å². The lowest BCUT2D eigenvalue weighted by Crippen LogP contribution is -2.11. The van der Waals surface area contributed by atoms with Gasteiger partial charge in [0, 0.05) is 11.4 Å². The van der Waals surface area contributed by atoms with Gasteiger partial charge in [-0.05, 0) is 24.3 Å². The fourth-order valence-corrected chi connectivity index (χ4v) is 1.62. The first-order chi connectivity index (χ1) is 9.29. The van der Waals surface area contributed by atoms with Crippen molar-refractivity contribution in [2.45, 2.75) is 0 Å². The number of benzene rings is 2. The van der Waals surface area contributed by atoms with Crippen molar-refractivity contribution in [3.05, 3.63) is 71.5 Å². The first-order valence-electron chi connectivity index (χ1n) is 5.73. The lowest BCUT2D eigenvalue weighted by molar-refractivity contribution is 1.35. The van der Waals surface area contributed by atoms with Gasteiger partial charge in [0.05, 0.1) is 0 Å². The molecule has 0 unspecified atom stereocenters. The standard InChI is InChI=1S/C15H12ClN3/c16-14(11-17)15(18-12-7-3-1-4-8-12)19-13-9-5-2-6-10-13/h1-10,18-19H. The summed E-state index contributed by atoms with van der Waals surface area (Å²) >= 11 is 5.92. The predicted octanol–water partition coefficient (Wildman–Crippen LogP) is 4.14. The maximum absolute atomic E-state index is 8.94. The van der Waals surface area contributed by atoms with E-state index in [1.807, 2.05) is 66.7 Å². The maximum Gasteiger partial charge on any atom is 0.158 e. The monoisotopic (exact) mass is 269 g/mol. The van der Waals surface area contributed by atoms with Crippen LogP contribution in [0, 0.1) is 11.3 Å². The molecule has 0 fully saturated rings. The SMILES string of the molecule is N#CC(Cl)=C(Nc1ccccc1)Nc1ccccc1. The highest BCUT2D eigenvalue weighted by Crippen LogP contribution is 2.17. The first-order valence-corrected chi connectivity index (χ1v) is 6.11. The number of allylic oxidation sites excluding steroid dienone is 1. The summed E-state index contributed by atoms with van der Waals surface area (Å²) in [6.07, 6.45) is 0. The molecule has 2 aromatic rings. The number of para-hydroxylation sites is 2. The van der Waals surface area contributed by atoms with Crippen LogP contribution in [-0.2, 0) is 0 Å². The largest absolute Gasteiger partial charge is 0.340 e. The third kappa shape index (κ3) is 3.77. The molecule has 19 heavy (non-hydrogen) atoms. The topological polar surface area (TPSA) is 47.9 Å². The van der Waals surface area contributed by atoms with E-state index < -0.39 is 0 Å². The van der Waals surface area contributed by atoms with Crippen LogP contribution in [0.25, 0.3) is 0 Å². The minimum Gasteiger partial charge on any atom is -0.340 e. The molecule has 4 heteroatoms. The zero-order valence-corrected chi connectivity index (χ0v) is 10.9. The lowest BCUT2D eigenvalue weighted by atomic mass is 10.3. The van der Waals surface area contributed by atoms with Gasteiger partial charge in [-0.3, -0.25) is 0 Å². The van der Waals surface area contributed by atoms with Crippen LogP contribution in [0.15, 0.2) is 71.5 Å². The van der Waals surface area contributed by atoms with Gasteiger partial charge in [0.1, 0.15) is 11.9 Å². The van der Waals surface area contributed by atoms with E-state index in [1.54, 1.807) is 0 Å². The van der Waals surface area contributed by atoms with Crippen molar-refractivity contribution in [3.63, 3.8) is 0 Å². The van der Waals surface area contributed by atoms with Gasteiger partial charge in [-0.1, -0.05) is 48.0 Å². The minimum absolute atomic E-state index is 0.0766. The molecule has 3 nitrogen and oxygen atoms in total. The summed E-state index contributed by atoms with van der Waals surface area (Å²) in [5, 5.41) is 15.2. The second-order valence-corrected chi connectivity index (χ2v) is 4.16. The van der Waals surface area contributed by atoms with Gasteiger partial charge < -0.3 is 10.6 Å². The molecule has 0 aliphatic rings. The molecule has 0 aromatic heterocycles. The van der Waals surface area contributed by atoms with Crippen LogP contribution >= 0.6 is 11.6 Å². The van der Waals surface area contributed by atoms with E-state index in [0.717, 1.165) is 11.4 Å². The van der Waals surface area contributed by atoms with Crippen LogP contribution in [0.3, 0.4) is 0 Å². The summed E-state index contributed by atoms with van der Waals surface area (Å²) in [5.74, 6) is 0.460. The van der Waals surface area contributed by atoms with Crippen LogP contribution < -0.4 is 10.6 Å². The van der Waals surface area contributed by atoms with Crippen LogP contribution in [0.1, 0.15) is 0 Å². The molecule has 0 saturated heterocycles. The van der Waals surface area contributed by atoms with Crippen molar-refractivity contribution in [1.29, 1.82) is 5.26 Å². The molecular weight excluding hydrogens is 258 g/mol. The second kappa shape index (κ2) is 6.48. The van der Waals surface area contributed by atoms with Crippen LogP contribution in [0.4, 0.5) is 11.4 Å². The van der Waals surface area contributed by atoms with E-state index in [4.69, 9.17) is 16.9 Å². The quantitative estimate of drug-likeness (QED) is 0.820. The van der Waals surface area contributed by atoms with Gasteiger partial charge >= 0.3 is 0 Å². The number of nitrogens with zero attached hydrogens (tertiary/aromatic N) is 1. The zero-order valence-electron chi connectivity index (χ0n) is 10.1. The van der Waals surface area contributed by atoms with Gasteiger partial charge in [-0.25, -0.2) is 0 Å². The van der Waals surface area contributed by atoms with Gasteiger partial charge in [0.15, 0.2) is 5.03 Å². The van der Waals surface area contributed by atoms with E-state index in [0.29, 0.717) is 5.82 Å². The number of hydrogen-bond donors (Lipinski definition) is 2. The minimum atomic E-state index is 0.0766.